The van der Waals surface area contributed by atoms with Crippen LogP contribution in [0.2, 0.25) is 0 Å². The van der Waals surface area contributed by atoms with Crippen LogP contribution < -0.4 is 10.5 Å². The van der Waals surface area contributed by atoms with Crippen molar-refractivity contribution in [1.82, 2.24) is 19.6 Å². The molecule has 62 heavy (non-hydrogen) atoms. The van der Waals surface area contributed by atoms with Gasteiger partial charge in [-0.25, -0.2) is 9.37 Å². The van der Waals surface area contributed by atoms with E-state index in [0.717, 1.165) is 131 Å². The van der Waals surface area contributed by atoms with Gasteiger partial charge in [0.2, 0.25) is 0 Å². The minimum absolute atomic E-state index is 0.161. The standard InChI is InChI=1S/C29H35NO2.C23H27FN4O2/c1-5-15-29(32)16-14-26-24-12-8-20-17-22(31)11-13-23(20)27(24)25(18-28(26,29)2)19-6-9-21(10-7-19)30(3)4;1-15-18(23(29)28-10-3-2-4-21(28)25-15)9-13-27-11-7-16(8-12-27)22-19-6-5-17(24)14-20(19)30-26-22/h6-7,9-10,17,24-26,32H,8,11-14,16,18H2,1-4H3;5-6,14,16H,2-4,7-13H2,1H3/t24-,25+,26-,28-,29-;/m0./s1. The molecule has 10 rings (SSSR count). The van der Waals surface area contributed by atoms with Crippen molar-refractivity contribution in [2.24, 2.45) is 17.3 Å². The lowest BCUT2D eigenvalue weighted by molar-refractivity contribution is -0.114. The number of benzene rings is 2. The number of hydrogen-bond acceptors (Lipinski definition) is 8. The third-order valence-electron chi connectivity index (χ3n) is 15.7. The van der Waals surface area contributed by atoms with Crippen molar-refractivity contribution in [1.29, 1.82) is 0 Å². The number of halogens is 1. The van der Waals surface area contributed by atoms with E-state index in [1.807, 2.05) is 24.5 Å². The molecule has 0 bridgehead atoms. The average Bonchev–Trinajstić information content (AvgIpc) is 3.80. The molecule has 0 amide bonds. The second-order valence-corrected chi connectivity index (χ2v) is 19.3. The largest absolute Gasteiger partial charge is 0.378 e. The Hall–Kier alpha value is -4.85. The second kappa shape index (κ2) is 17.0. The number of fused-ring (bicyclic) bond motifs is 6. The van der Waals surface area contributed by atoms with Gasteiger partial charge in [0.25, 0.3) is 5.56 Å². The molecule has 326 valence electrons. The maximum absolute atomic E-state index is 13.4. The Morgan fingerprint density at radius 3 is 2.53 bits per heavy atom. The summed E-state index contributed by atoms with van der Waals surface area (Å²) in [6.07, 6.45) is 14.0. The van der Waals surface area contributed by atoms with Crippen LogP contribution in [0.25, 0.3) is 11.0 Å². The lowest BCUT2D eigenvalue weighted by Gasteiger charge is -2.53. The highest BCUT2D eigenvalue weighted by molar-refractivity contribution is 5.93. The normalized spacial score (nSPS) is 27.2. The number of allylic oxidation sites excluding steroid dienone is 4. The van der Waals surface area contributed by atoms with Gasteiger partial charge in [-0.05, 0) is 156 Å². The predicted octanol–water partition coefficient (Wildman–Crippen LogP) is 9.00. The molecule has 0 spiro atoms. The van der Waals surface area contributed by atoms with E-state index in [4.69, 9.17) is 9.51 Å². The molecule has 1 N–H and O–H groups in total. The van der Waals surface area contributed by atoms with Crippen molar-refractivity contribution in [2.75, 3.05) is 38.6 Å². The smallest absolute Gasteiger partial charge is 0.256 e. The van der Waals surface area contributed by atoms with Gasteiger partial charge >= 0.3 is 0 Å². The number of carbonyl (C=O) groups excluding carboxylic acids is 1. The van der Waals surface area contributed by atoms with Gasteiger partial charge in [-0.1, -0.05) is 35.7 Å². The number of anilines is 1. The molecule has 9 nitrogen and oxygen atoms in total. The van der Waals surface area contributed by atoms with E-state index in [-0.39, 0.29) is 28.5 Å². The third kappa shape index (κ3) is 7.68. The number of hydrogen-bond donors (Lipinski definition) is 1. The molecule has 2 aliphatic heterocycles. The van der Waals surface area contributed by atoms with Gasteiger partial charge in [0.05, 0.1) is 5.69 Å². The maximum Gasteiger partial charge on any atom is 0.256 e. The number of carbonyl (C=O) groups is 1. The highest BCUT2D eigenvalue weighted by Crippen LogP contribution is 2.66. The van der Waals surface area contributed by atoms with Crippen LogP contribution in [0, 0.1) is 41.8 Å². The summed E-state index contributed by atoms with van der Waals surface area (Å²) in [5, 5.41) is 16.9. The van der Waals surface area contributed by atoms with Crippen LogP contribution in [-0.2, 0) is 24.2 Å². The van der Waals surface area contributed by atoms with Gasteiger partial charge in [0, 0.05) is 85.7 Å². The number of ketones is 1. The summed E-state index contributed by atoms with van der Waals surface area (Å²) in [5.41, 5.74) is 9.10. The first-order chi connectivity index (χ1) is 29.9. The molecule has 0 unspecified atom stereocenters. The summed E-state index contributed by atoms with van der Waals surface area (Å²) >= 11 is 0. The molecule has 1 saturated heterocycles. The molecule has 3 fully saturated rings. The Morgan fingerprint density at radius 1 is 0.984 bits per heavy atom. The van der Waals surface area contributed by atoms with Crippen molar-refractivity contribution in [3.63, 3.8) is 0 Å². The van der Waals surface area contributed by atoms with Crippen molar-refractivity contribution in [3.05, 3.63) is 110 Å². The summed E-state index contributed by atoms with van der Waals surface area (Å²) in [7, 11) is 4.14. The number of aromatic nitrogens is 3. The van der Waals surface area contributed by atoms with E-state index < -0.39 is 5.60 Å². The van der Waals surface area contributed by atoms with Gasteiger partial charge in [0.1, 0.15) is 17.2 Å². The molecule has 2 aromatic heterocycles. The minimum Gasteiger partial charge on any atom is -0.378 e. The van der Waals surface area contributed by atoms with Crippen molar-refractivity contribution in [2.45, 2.75) is 128 Å². The zero-order valence-corrected chi connectivity index (χ0v) is 37.2. The fraction of sp³-hybridized carbons (Fsp3) is 0.538. The summed E-state index contributed by atoms with van der Waals surface area (Å²) in [6.45, 7) is 9.70. The van der Waals surface area contributed by atoms with Crippen LogP contribution in [0.3, 0.4) is 0 Å². The molecule has 10 heteroatoms. The number of aryl methyl sites for hydroxylation is 2. The van der Waals surface area contributed by atoms with E-state index in [0.29, 0.717) is 29.8 Å². The number of likely N-dealkylation sites (tertiary alicyclic amines) is 1. The molecule has 4 aliphatic carbocycles. The number of piperidine rings is 1. The molecule has 5 atom stereocenters. The minimum atomic E-state index is -0.914. The topological polar surface area (TPSA) is 105 Å². The molecule has 2 aromatic carbocycles. The van der Waals surface area contributed by atoms with Gasteiger partial charge in [-0.2, -0.15) is 0 Å². The fourth-order valence-electron chi connectivity index (χ4n) is 12.3. The first kappa shape index (κ1) is 42.5. The van der Waals surface area contributed by atoms with Crippen molar-refractivity contribution in [3.8, 4) is 11.8 Å². The fourth-order valence-corrected chi connectivity index (χ4v) is 12.3. The van der Waals surface area contributed by atoms with Crippen molar-refractivity contribution >= 4 is 22.4 Å². The van der Waals surface area contributed by atoms with E-state index in [2.05, 4.69) is 72.1 Å². The number of aliphatic hydroxyl groups is 1. The summed E-state index contributed by atoms with van der Waals surface area (Å²) in [4.78, 5) is 34.4. The molecular formula is C52H62FN5O4. The summed E-state index contributed by atoms with van der Waals surface area (Å²) in [6, 6.07) is 13.6. The monoisotopic (exact) mass is 839 g/mol. The average molecular weight is 840 g/mol. The van der Waals surface area contributed by atoms with Crippen LogP contribution in [-0.4, -0.2) is 69.8 Å². The third-order valence-corrected chi connectivity index (χ3v) is 15.7. The van der Waals surface area contributed by atoms with Gasteiger partial charge < -0.3 is 19.4 Å². The van der Waals surface area contributed by atoms with Crippen LogP contribution in [0.15, 0.2) is 74.6 Å². The van der Waals surface area contributed by atoms with Crippen LogP contribution in [0.1, 0.15) is 125 Å². The molecule has 4 aromatic rings. The van der Waals surface area contributed by atoms with Gasteiger partial charge in [-0.3, -0.25) is 14.2 Å². The lowest BCUT2D eigenvalue weighted by Crippen LogP contribution is -2.51. The lowest BCUT2D eigenvalue weighted by atomic mass is 9.51. The van der Waals surface area contributed by atoms with Crippen LogP contribution in [0.4, 0.5) is 10.1 Å². The van der Waals surface area contributed by atoms with Crippen LogP contribution >= 0.6 is 0 Å². The number of nitrogens with zero attached hydrogens (tertiary/aromatic N) is 5. The number of rotatable bonds is 6. The maximum atomic E-state index is 13.4. The SMILES string of the molecule is CC#C[C@]1(O)CC[C@H]2[C@@H]3CCC4=CC(=O)CCC4=C3[C@@H](c3ccc(N(C)C)cc3)C[C@@]21C.Cc1nc2n(c(=O)c1CCN1CCC(c3noc4cc(F)ccc34)CC1)CCCC2. The Kier molecular flexibility index (Phi) is 11.7. The second-order valence-electron chi connectivity index (χ2n) is 19.3. The molecule has 4 heterocycles. The molecular weight excluding hydrogens is 778 g/mol. The van der Waals surface area contributed by atoms with Crippen molar-refractivity contribution < 1.29 is 18.8 Å². The van der Waals surface area contributed by atoms with Gasteiger partial charge in [0.15, 0.2) is 11.4 Å². The predicted molar refractivity (Wildman–Crippen MR) is 242 cm³/mol. The Labute approximate surface area is 365 Å². The van der Waals surface area contributed by atoms with E-state index in [1.54, 1.807) is 11.6 Å². The zero-order chi connectivity index (χ0) is 43.3. The first-order valence-electron chi connectivity index (χ1n) is 23.1. The zero-order valence-electron chi connectivity index (χ0n) is 37.2. The summed E-state index contributed by atoms with van der Waals surface area (Å²) < 4.78 is 20.6. The van der Waals surface area contributed by atoms with Gasteiger partial charge in [-0.15, -0.1) is 5.92 Å². The first-order valence-corrected chi connectivity index (χ1v) is 23.1. The highest BCUT2D eigenvalue weighted by atomic mass is 19.1. The Morgan fingerprint density at radius 2 is 1.77 bits per heavy atom. The molecule has 0 radical (unpaired) electrons. The molecule has 2 saturated carbocycles. The van der Waals surface area contributed by atoms with E-state index in [9.17, 15) is 19.1 Å². The Bertz CT molecular complexity index is 2550. The van der Waals surface area contributed by atoms with Crippen LogP contribution in [0.5, 0.6) is 0 Å². The molecule has 6 aliphatic rings. The quantitative estimate of drug-likeness (QED) is 0.192. The summed E-state index contributed by atoms with van der Waals surface area (Å²) in [5.74, 6) is 8.73. The highest BCUT2D eigenvalue weighted by Gasteiger charge is 2.62. The van der Waals surface area contributed by atoms with E-state index >= 15 is 0 Å². The Balaban J connectivity index is 0.000000158. The van der Waals surface area contributed by atoms with E-state index in [1.165, 1.54) is 34.5 Å².